The van der Waals surface area contributed by atoms with E-state index in [1.165, 1.54) is 6.07 Å². The number of carbonyl (C=O) groups is 3. The second kappa shape index (κ2) is 9.47. The predicted octanol–water partition coefficient (Wildman–Crippen LogP) is 2.39. The van der Waals surface area contributed by atoms with Crippen LogP contribution in [0.3, 0.4) is 0 Å². The number of hydrogen-bond donors (Lipinski definition) is 3. The van der Waals surface area contributed by atoms with E-state index in [4.69, 9.17) is 5.11 Å². The summed E-state index contributed by atoms with van der Waals surface area (Å²) in [4.78, 5) is 34.3. The molecular weight excluding hydrogens is 351 g/mol. The van der Waals surface area contributed by atoms with Gasteiger partial charge in [0.2, 0.25) is 11.8 Å². The zero-order valence-electron chi connectivity index (χ0n) is 14.9. The Morgan fingerprint density at radius 2 is 1.74 bits per heavy atom. The second-order valence-electron chi connectivity index (χ2n) is 6.23. The van der Waals surface area contributed by atoms with E-state index in [2.05, 4.69) is 10.6 Å². The van der Waals surface area contributed by atoms with Crippen molar-refractivity contribution < 1.29 is 23.9 Å². The van der Waals surface area contributed by atoms with Crippen molar-refractivity contribution in [3.05, 3.63) is 65.5 Å². The summed E-state index contributed by atoms with van der Waals surface area (Å²) in [7, 11) is 0. The van der Waals surface area contributed by atoms with Gasteiger partial charge in [-0.15, -0.1) is 0 Å². The SMILES string of the molecule is CC(Cc1ccccc1F)C(=O)Nc1ccc(CC(=O)NCC(=O)O)cc1. The molecule has 0 bridgehead atoms. The highest BCUT2D eigenvalue weighted by Gasteiger charge is 2.15. The molecule has 3 N–H and O–H groups in total. The molecule has 2 aromatic carbocycles. The summed E-state index contributed by atoms with van der Waals surface area (Å²) in [5.74, 6) is -2.48. The van der Waals surface area contributed by atoms with Crippen LogP contribution in [0.4, 0.5) is 10.1 Å². The summed E-state index contributed by atoms with van der Waals surface area (Å²) < 4.78 is 13.7. The van der Waals surface area contributed by atoms with E-state index in [0.29, 0.717) is 23.2 Å². The monoisotopic (exact) mass is 372 g/mol. The van der Waals surface area contributed by atoms with Gasteiger partial charge in [-0.05, 0) is 35.7 Å². The number of carbonyl (C=O) groups excluding carboxylic acids is 2. The number of hydrogen-bond acceptors (Lipinski definition) is 3. The summed E-state index contributed by atoms with van der Waals surface area (Å²) in [6.45, 7) is 1.30. The molecule has 142 valence electrons. The van der Waals surface area contributed by atoms with Gasteiger partial charge < -0.3 is 15.7 Å². The third-order valence-electron chi connectivity index (χ3n) is 3.95. The minimum absolute atomic E-state index is 0.0468. The van der Waals surface area contributed by atoms with E-state index >= 15 is 0 Å². The molecule has 0 saturated heterocycles. The van der Waals surface area contributed by atoms with Crippen molar-refractivity contribution in [3.63, 3.8) is 0 Å². The molecule has 2 amide bonds. The second-order valence-corrected chi connectivity index (χ2v) is 6.23. The van der Waals surface area contributed by atoms with Crippen molar-refractivity contribution in [1.82, 2.24) is 5.32 Å². The number of nitrogens with one attached hydrogen (secondary N) is 2. The number of aliphatic carboxylic acids is 1. The van der Waals surface area contributed by atoms with Gasteiger partial charge in [0.25, 0.3) is 0 Å². The van der Waals surface area contributed by atoms with Crippen molar-refractivity contribution in [2.45, 2.75) is 19.8 Å². The molecule has 7 heteroatoms. The van der Waals surface area contributed by atoms with Crippen LogP contribution in [0, 0.1) is 11.7 Å². The van der Waals surface area contributed by atoms with Gasteiger partial charge in [-0.1, -0.05) is 37.3 Å². The lowest BCUT2D eigenvalue weighted by Gasteiger charge is -2.13. The lowest BCUT2D eigenvalue weighted by Crippen LogP contribution is -2.30. The van der Waals surface area contributed by atoms with Crippen LogP contribution in [0.15, 0.2) is 48.5 Å². The number of amides is 2. The first kappa shape index (κ1) is 20.1. The van der Waals surface area contributed by atoms with Gasteiger partial charge in [0.1, 0.15) is 12.4 Å². The number of anilines is 1. The van der Waals surface area contributed by atoms with Crippen LogP contribution >= 0.6 is 0 Å². The molecule has 0 heterocycles. The molecule has 0 aliphatic rings. The summed E-state index contributed by atoms with van der Waals surface area (Å²) in [6.07, 6.45) is 0.339. The topological polar surface area (TPSA) is 95.5 Å². The maximum Gasteiger partial charge on any atom is 0.322 e. The van der Waals surface area contributed by atoms with Crippen molar-refractivity contribution in [3.8, 4) is 0 Å². The number of carboxylic acid groups (broad SMARTS) is 1. The summed E-state index contributed by atoms with van der Waals surface area (Å²) in [5, 5.41) is 13.6. The fourth-order valence-electron chi connectivity index (χ4n) is 2.48. The molecule has 1 unspecified atom stereocenters. The van der Waals surface area contributed by atoms with Crippen LogP contribution in [0.2, 0.25) is 0 Å². The van der Waals surface area contributed by atoms with E-state index in [1.807, 2.05) is 0 Å². The zero-order chi connectivity index (χ0) is 19.8. The first-order chi connectivity index (χ1) is 12.8. The molecule has 6 nitrogen and oxygen atoms in total. The molecule has 2 rings (SSSR count). The Kier molecular flexibility index (Phi) is 7.05. The fraction of sp³-hybridized carbons (Fsp3) is 0.250. The largest absolute Gasteiger partial charge is 0.480 e. The fourth-order valence-corrected chi connectivity index (χ4v) is 2.48. The van der Waals surface area contributed by atoms with E-state index < -0.39 is 24.3 Å². The summed E-state index contributed by atoms with van der Waals surface area (Å²) >= 11 is 0. The smallest absolute Gasteiger partial charge is 0.322 e. The van der Waals surface area contributed by atoms with Crippen LogP contribution in [0.25, 0.3) is 0 Å². The Balaban J connectivity index is 1.88. The molecule has 2 aromatic rings. The maximum atomic E-state index is 13.7. The lowest BCUT2D eigenvalue weighted by atomic mass is 10.00. The lowest BCUT2D eigenvalue weighted by molar-refractivity contribution is -0.137. The first-order valence-electron chi connectivity index (χ1n) is 8.47. The molecule has 0 radical (unpaired) electrons. The summed E-state index contributed by atoms with van der Waals surface area (Å²) in [5.41, 5.74) is 1.74. The quantitative estimate of drug-likeness (QED) is 0.663. The Morgan fingerprint density at radius 1 is 1.07 bits per heavy atom. The molecule has 0 spiro atoms. The molecule has 0 fully saturated rings. The van der Waals surface area contributed by atoms with Gasteiger partial charge in [0, 0.05) is 11.6 Å². The first-order valence-corrected chi connectivity index (χ1v) is 8.47. The zero-order valence-corrected chi connectivity index (χ0v) is 14.9. The number of rotatable bonds is 8. The Hall–Kier alpha value is -3.22. The van der Waals surface area contributed by atoms with Crippen LogP contribution in [-0.4, -0.2) is 29.4 Å². The average molecular weight is 372 g/mol. The molecule has 0 aliphatic carbocycles. The van der Waals surface area contributed by atoms with E-state index in [-0.39, 0.29) is 18.1 Å². The summed E-state index contributed by atoms with van der Waals surface area (Å²) in [6, 6.07) is 13.0. The van der Waals surface area contributed by atoms with Gasteiger partial charge in [-0.3, -0.25) is 14.4 Å². The van der Waals surface area contributed by atoms with Crippen LogP contribution in [-0.2, 0) is 27.2 Å². The van der Waals surface area contributed by atoms with Gasteiger partial charge in [0.15, 0.2) is 0 Å². The predicted molar refractivity (Wildman–Crippen MR) is 98.7 cm³/mol. The Labute approximate surface area is 156 Å². The van der Waals surface area contributed by atoms with Crippen LogP contribution in [0.1, 0.15) is 18.1 Å². The molecule has 0 aliphatic heterocycles. The van der Waals surface area contributed by atoms with Gasteiger partial charge in [-0.2, -0.15) is 0 Å². The molecule has 0 saturated carbocycles. The molecular formula is C20H21FN2O4. The van der Waals surface area contributed by atoms with E-state index in [9.17, 15) is 18.8 Å². The number of carboxylic acids is 1. The third-order valence-corrected chi connectivity index (χ3v) is 3.95. The minimum Gasteiger partial charge on any atom is -0.480 e. The van der Waals surface area contributed by atoms with E-state index in [1.54, 1.807) is 49.4 Å². The highest BCUT2D eigenvalue weighted by atomic mass is 19.1. The highest BCUT2D eigenvalue weighted by Crippen LogP contribution is 2.16. The Bertz CT molecular complexity index is 821. The van der Waals surface area contributed by atoms with E-state index in [0.717, 1.165) is 0 Å². The maximum absolute atomic E-state index is 13.7. The van der Waals surface area contributed by atoms with Crippen molar-refractivity contribution in [1.29, 1.82) is 0 Å². The Morgan fingerprint density at radius 3 is 2.37 bits per heavy atom. The van der Waals surface area contributed by atoms with Gasteiger partial charge in [0.05, 0.1) is 6.42 Å². The number of benzene rings is 2. The normalized spacial score (nSPS) is 11.5. The van der Waals surface area contributed by atoms with Gasteiger partial charge >= 0.3 is 5.97 Å². The van der Waals surface area contributed by atoms with Crippen molar-refractivity contribution >= 4 is 23.5 Å². The number of halogens is 1. The molecule has 0 aromatic heterocycles. The van der Waals surface area contributed by atoms with Crippen molar-refractivity contribution in [2.75, 3.05) is 11.9 Å². The van der Waals surface area contributed by atoms with Crippen LogP contribution in [0.5, 0.6) is 0 Å². The average Bonchev–Trinajstić information content (AvgIpc) is 2.63. The van der Waals surface area contributed by atoms with Crippen molar-refractivity contribution in [2.24, 2.45) is 5.92 Å². The molecule has 1 atom stereocenters. The highest BCUT2D eigenvalue weighted by molar-refractivity contribution is 5.92. The standard InChI is InChI=1S/C20H21FN2O4/c1-13(10-15-4-2-3-5-17(15)21)20(27)23-16-8-6-14(7-9-16)11-18(24)22-12-19(25)26/h2-9,13H,10-12H2,1H3,(H,22,24)(H,23,27)(H,25,26). The third kappa shape index (κ3) is 6.54. The van der Waals surface area contributed by atoms with Crippen LogP contribution < -0.4 is 10.6 Å². The minimum atomic E-state index is -1.11. The van der Waals surface area contributed by atoms with Gasteiger partial charge in [-0.25, -0.2) is 4.39 Å². The molecule has 27 heavy (non-hydrogen) atoms.